The van der Waals surface area contributed by atoms with Crippen molar-refractivity contribution in [1.29, 1.82) is 0 Å². The fourth-order valence-corrected chi connectivity index (χ4v) is 5.43. The lowest BCUT2D eigenvalue weighted by Gasteiger charge is -2.33. The van der Waals surface area contributed by atoms with Gasteiger partial charge < -0.3 is 25.2 Å². The number of benzene rings is 2. The summed E-state index contributed by atoms with van der Waals surface area (Å²) in [4.78, 5) is 37.0. The zero-order valence-electron chi connectivity index (χ0n) is 19.4. The first kappa shape index (κ1) is 23.4. The summed E-state index contributed by atoms with van der Waals surface area (Å²) in [6.45, 7) is 0.659. The molecule has 2 aromatic rings. The number of alkyl carbamates (subject to hydrolysis) is 1. The van der Waals surface area contributed by atoms with Gasteiger partial charge in [-0.1, -0.05) is 55.0 Å². The Balaban J connectivity index is 1.18. The highest BCUT2D eigenvalue weighted by atomic mass is 16.5. The summed E-state index contributed by atoms with van der Waals surface area (Å²) in [6, 6.07) is 15.7. The number of fused-ring (bicyclic) bond motifs is 3. The van der Waals surface area contributed by atoms with Gasteiger partial charge in [0.1, 0.15) is 6.61 Å². The van der Waals surface area contributed by atoms with Crippen molar-refractivity contribution in [2.75, 3.05) is 19.8 Å². The number of nitrogens with one attached hydrogen (secondary N) is 2. The summed E-state index contributed by atoms with van der Waals surface area (Å²) in [6.07, 6.45) is 1.73. The summed E-state index contributed by atoms with van der Waals surface area (Å²) < 4.78 is 10.8. The predicted molar refractivity (Wildman–Crippen MR) is 128 cm³/mol. The second kappa shape index (κ2) is 10.1. The van der Waals surface area contributed by atoms with Crippen LogP contribution in [0.2, 0.25) is 0 Å². The molecule has 8 nitrogen and oxygen atoms in total. The number of carboxylic acid groups (broad SMARTS) is 1. The van der Waals surface area contributed by atoms with Crippen molar-refractivity contribution in [2.24, 2.45) is 11.8 Å². The highest BCUT2D eigenvalue weighted by molar-refractivity contribution is 5.82. The van der Waals surface area contributed by atoms with E-state index in [2.05, 4.69) is 34.9 Å². The Morgan fingerprint density at radius 1 is 1.00 bits per heavy atom. The topological polar surface area (TPSA) is 114 Å². The van der Waals surface area contributed by atoms with Crippen LogP contribution in [0.25, 0.3) is 11.1 Å². The number of carbonyl (C=O) groups excluding carboxylic acids is 2. The first-order chi connectivity index (χ1) is 17.0. The fourth-order valence-electron chi connectivity index (χ4n) is 5.43. The number of carbonyl (C=O) groups is 3. The van der Waals surface area contributed by atoms with E-state index in [1.165, 1.54) is 0 Å². The highest BCUT2D eigenvalue weighted by Crippen LogP contribution is 2.44. The van der Waals surface area contributed by atoms with Crippen LogP contribution in [0.15, 0.2) is 48.5 Å². The first-order valence-electron chi connectivity index (χ1n) is 12.3. The third-order valence-electron chi connectivity index (χ3n) is 7.53. The smallest absolute Gasteiger partial charge is 0.407 e. The maximum atomic E-state index is 13.0. The number of aliphatic carboxylic acids is 1. The Bertz CT molecular complexity index is 1070. The van der Waals surface area contributed by atoms with E-state index in [-0.39, 0.29) is 30.9 Å². The van der Waals surface area contributed by atoms with Crippen molar-refractivity contribution < 1.29 is 29.0 Å². The van der Waals surface area contributed by atoms with Crippen molar-refractivity contribution >= 4 is 18.0 Å². The summed E-state index contributed by atoms with van der Waals surface area (Å²) in [7, 11) is 0. The third kappa shape index (κ3) is 4.75. The van der Waals surface area contributed by atoms with Crippen LogP contribution in [0.5, 0.6) is 0 Å². The largest absolute Gasteiger partial charge is 0.479 e. The van der Waals surface area contributed by atoms with Crippen LogP contribution in [0.1, 0.15) is 42.7 Å². The molecule has 0 bridgehead atoms. The lowest BCUT2D eigenvalue weighted by Crippen LogP contribution is -2.50. The van der Waals surface area contributed by atoms with Gasteiger partial charge in [0.05, 0.1) is 12.0 Å². The average Bonchev–Trinajstić information content (AvgIpc) is 3.41. The minimum Gasteiger partial charge on any atom is -0.479 e. The van der Waals surface area contributed by atoms with Gasteiger partial charge in [-0.25, -0.2) is 9.59 Å². The van der Waals surface area contributed by atoms with Crippen molar-refractivity contribution in [3.63, 3.8) is 0 Å². The Hall–Kier alpha value is -3.39. The van der Waals surface area contributed by atoms with Crippen molar-refractivity contribution in [3.8, 4) is 11.1 Å². The third-order valence-corrected chi connectivity index (χ3v) is 7.53. The van der Waals surface area contributed by atoms with E-state index in [4.69, 9.17) is 9.47 Å². The lowest BCUT2D eigenvalue weighted by molar-refractivity contribution is -0.148. The molecule has 2 aromatic carbocycles. The normalized spacial score (nSPS) is 21.9. The maximum absolute atomic E-state index is 13.0. The maximum Gasteiger partial charge on any atom is 0.407 e. The molecule has 3 N–H and O–H groups in total. The van der Waals surface area contributed by atoms with Gasteiger partial charge in [0, 0.05) is 19.1 Å². The van der Waals surface area contributed by atoms with Gasteiger partial charge in [0.2, 0.25) is 5.91 Å². The molecule has 5 rings (SSSR count). The van der Waals surface area contributed by atoms with Gasteiger partial charge in [0.15, 0.2) is 6.10 Å². The Labute approximate surface area is 204 Å². The molecule has 2 amide bonds. The molecular formula is C27H30N2O6. The van der Waals surface area contributed by atoms with Crippen molar-refractivity contribution in [3.05, 3.63) is 59.7 Å². The summed E-state index contributed by atoms with van der Waals surface area (Å²) in [5.74, 6) is -1.62. The van der Waals surface area contributed by atoms with Crippen LogP contribution in [-0.2, 0) is 19.1 Å². The number of carboxylic acids is 1. The molecule has 1 saturated carbocycles. The fraction of sp³-hybridized carbons (Fsp3) is 0.444. The van der Waals surface area contributed by atoms with Gasteiger partial charge in [0.25, 0.3) is 0 Å². The van der Waals surface area contributed by atoms with E-state index in [9.17, 15) is 19.5 Å². The monoisotopic (exact) mass is 478 g/mol. The number of amides is 2. The van der Waals surface area contributed by atoms with E-state index in [0.717, 1.165) is 41.5 Å². The van der Waals surface area contributed by atoms with Crippen LogP contribution in [0.4, 0.5) is 4.79 Å². The Morgan fingerprint density at radius 2 is 1.66 bits per heavy atom. The molecule has 0 spiro atoms. The molecule has 1 saturated heterocycles. The second-order valence-corrected chi connectivity index (χ2v) is 9.54. The molecule has 1 aliphatic heterocycles. The summed E-state index contributed by atoms with van der Waals surface area (Å²) in [5.41, 5.74) is 4.60. The molecular weight excluding hydrogens is 448 g/mol. The molecule has 3 aliphatic rings. The zero-order valence-corrected chi connectivity index (χ0v) is 19.4. The summed E-state index contributed by atoms with van der Waals surface area (Å²) in [5, 5.41) is 14.9. The second-order valence-electron chi connectivity index (χ2n) is 9.54. The van der Waals surface area contributed by atoms with Crippen LogP contribution >= 0.6 is 0 Å². The predicted octanol–water partition coefficient (Wildman–Crippen LogP) is 3.30. The van der Waals surface area contributed by atoms with E-state index in [0.29, 0.717) is 13.0 Å². The minimum absolute atomic E-state index is 0.0332. The lowest BCUT2D eigenvalue weighted by atomic mass is 9.75. The number of hydrogen-bond donors (Lipinski definition) is 3. The Morgan fingerprint density at radius 3 is 2.26 bits per heavy atom. The van der Waals surface area contributed by atoms with Crippen LogP contribution in [-0.4, -0.2) is 55.0 Å². The summed E-state index contributed by atoms with van der Waals surface area (Å²) >= 11 is 0. The van der Waals surface area contributed by atoms with E-state index < -0.39 is 30.1 Å². The molecule has 35 heavy (non-hydrogen) atoms. The SMILES string of the molecule is O=C(NCC(C(=O)N[C@@H]1CCO[C@@H]1C(=O)O)C1CCC1)OCC1c2ccccc2-c2ccccc21. The quantitative estimate of drug-likeness (QED) is 0.537. The molecule has 3 atom stereocenters. The molecule has 0 radical (unpaired) electrons. The van der Waals surface area contributed by atoms with Gasteiger partial charge in [-0.3, -0.25) is 4.79 Å². The van der Waals surface area contributed by atoms with Crippen LogP contribution < -0.4 is 10.6 Å². The van der Waals surface area contributed by atoms with Crippen LogP contribution in [0, 0.1) is 11.8 Å². The molecule has 2 aliphatic carbocycles. The zero-order chi connectivity index (χ0) is 24.4. The number of rotatable bonds is 8. The van der Waals surface area contributed by atoms with Crippen molar-refractivity contribution in [2.45, 2.75) is 43.7 Å². The molecule has 1 heterocycles. The number of ether oxygens (including phenoxy) is 2. The van der Waals surface area contributed by atoms with E-state index >= 15 is 0 Å². The van der Waals surface area contributed by atoms with Gasteiger partial charge in [-0.05, 0) is 47.4 Å². The van der Waals surface area contributed by atoms with E-state index in [1.54, 1.807) is 0 Å². The van der Waals surface area contributed by atoms with Gasteiger partial charge in [-0.2, -0.15) is 0 Å². The standard InChI is InChI=1S/C27H30N2O6/c30-25(29-23-12-13-34-24(23)26(31)32)21(16-6-5-7-16)14-28-27(33)35-15-22-19-10-3-1-8-17(19)18-9-2-4-11-20(18)22/h1-4,8-11,16,21-24H,5-7,12-15H2,(H,28,33)(H,29,30)(H,31,32)/t21?,23-,24+/m1/s1. The highest BCUT2D eigenvalue weighted by Gasteiger charge is 2.39. The van der Waals surface area contributed by atoms with Crippen molar-refractivity contribution in [1.82, 2.24) is 10.6 Å². The Kier molecular flexibility index (Phi) is 6.72. The minimum atomic E-state index is -1.08. The molecule has 184 valence electrons. The molecule has 2 fully saturated rings. The van der Waals surface area contributed by atoms with E-state index in [1.807, 2.05) is 24.3 Å². The molecule has 1 unspecified atom stereocenters. The van der Waals surface area contributed by atoms with Crippen LogP contribution in [0.3, 0.4) is 0 Å². The average molecular weight is 479 g/mol. The first-order valence-corrected chi connectivity index (χ1v) is 12.3. The number of hydrogen-bond acceptors (Lipinski definition) is 5. The van der Waals surface area contributed by atoms with Gasteiger partial charge in [-0.15, -0.1) is 0 Å². The molecule has 0 aromatic heterocycles. The molecule has 8 heteroatoms. The van der Waals surface area contributed by atoms with Gasteiger partial charge >= 0.3 is 12.1 Å².